The van der Waals surface area contributed by atoms with Gasteiger partial charge < -0.3 is 14.2 Å². The van der Waals surface area contributed by atoms with Gasteiger partial charge in [-0.1, -0.05) is 41.1 Å². The fraction of sp³-hybridized carbons (Fsp3) is 0.318. The minimum Gasteiger partial charge on any atom is -0.481 e. The highest BCUT2D eigenvalue weighted by Crippen LogP contribution is 2.22. The second-order valence-electron chi connectivity index (χ2n) is 7.03. The molecule has 1 amide bonds. The third-order valence-corrected chi connectivity index (χ3v) is 4.70. The van der Waals surface area contributed by atoms with E-state index in [4.69, 9.17) is 9.26 Å². The highest BCUT2D eigenvalue weighted by Gasteiger charge is 2.22. The second-order valence-corrected chi connectivity index (χ2v) is 7.03. The maximum Gasteiger partial charge on any atom is 0.263 e. The van der Waals surface area contributed by atoms with Crippen molar-refractivity contribution in [2.24, 2.45) is 0 Å². The van der Waals surface area contributed by atoms with Gasteiger partial charge in [-0.3, -0.25) is 4.79 Å². The summed E-state index contributed by atoms with van der Waals surface area (Å²) in [6.07, 6.45) is -0.621. The molecule has 0 saturated heterocycles. The number of amides is 1. The van der Waals surface area contributed by atoms with Crippen LogP contribution in [0.4, 0.5) is 0 Å². The van der Waals surface area contributed by atoms with Crippen LogP contribution in [0.2, 0.25) is 0 Å². The third-order valence-electron chi connectivity index (χ3n) is 4.70. The van der Waals surface area contributed by atoms with Crippen molar-refractivity contribution in [2.45, 2.75) is 40.3 Å². The van der Waals surface area contributed by atoms with Crippen molar-refractivity contribution in [1.82, 2.24) is 15.0 Å². The Morgan fingerprint density at radius 3 is 2.68 bits per heavy atom. The van der Waals surface area contributed by atoms with Gasteiger partial charge in [0.1, 0.15) is 5.75 Å². The van der Waals surface area contributed by atoms with E-state index in [-0.39, 0.29) is 12.5 Å². The van der Waals surface area contributed by atoms with Gasteiger partial charge in [0, 0.05) is 12.6 Å². The molecule has 1 atom stereocenters. The lowest BCUT2D eigenvalue weighted by atomic mass is 10.1. The number of benzene rings is 2. The normalized spacial score (nSPS) is 11.9. The van der Waals surface area contributed by atoms with E-state index in [0.717, 1.165) is 22.3 Å². The lowest BCUT2D eigenvalue weighted by Gasteiger charge is -2.21. The fourth-order valence-electron chi connectivity index (χ4n) is 2.90. The predicted molar refractivity (Wildman–Crippen MR) is 107 cm³/mol. The van der Waals surface area contributed by atoms with Gasteiger partial charge in [0.2, 0.25) is 11.7 Å². The van der Waals surface area contributed by atoms with E-state index in [0.29, 0.717) is 17.5 Å². The average molecular weight is 379 g/mol. The van der Waals surface area contributed by atoms with Crippen molar-refractivity contribution in [3.05, 3.63) is 65.0 Å². The van der Waals surface area contributed by atoms with E-state index in [9.17, 15) is 4.79 Å². The number of carbonyl (C=O) groups excluding carboxylic acids is 1. The third kappa shape index (κ3) is 4.39. The van der Waals surface area contributed by atoms with Crippen molar-refractivity contribution >= 4 is 5.91 Å². The van der Waals surface area contributed by atoms with Crippen LogP contribution in [-0.2, 0) is 11.3 Å². The Hall–Kier alpha value is -3.15. The molecule has 0 radical (unpaired) electrons. The zero-order chi connectivity index (χ0) is 20.3. The summed E-state index contributed by atoms with van der Waals surface area (Å²) < 4.78 is 11.2. The minimum absolute atomic E-state index is 0.156. The quantitative estimate of drug-likeness (QED) is 0.645. The van der Waals surface area contributed by atoms with Gasteiger partial charge in [0.15, 0.2) is 6.10 Å². The lowest BCUT2D eigenvalue weighted by Crippen LogP contribution is -2.37. The Kier molecular flexibility index (Phi) is 5.78. The standard InChI is InChI=1S/C22H25N3O3/c1-14-8-6-10-18(12-14)21-23-20(28-24-21)13-25(5)22(26)17(4)27-19-11-7-9-15(2)16(19)3/h6-12,17H,13H2,1-5H3. The molecule has 0 aliphatic heterocycles. The number of rotatable bonds is 6. The molecule has 0 aliphatic rings. The largest absolute Gasteiger partial charge is 0.481 e. The number of aromatic nitrogens is 2. The van der Waals surface area contributed by atoms with Gasteiger partial charge in [0.05, 0.1) is 6.54 Å². The van der Waals surface area contributed by atoms with Gasteiger partial charge in [-0.15, -0.1) is 0 Å². The summed E-state index contributed by atoms with van der Waals surface area (Å²) in [5.41, 5.74) is 4.16. The summed E-state index contributed by atoms with van der Waals surface area (Å²) in [6.45, 7) is 7.97. The Morgan fingerprint density at radius 2 is 1.93 bits per heavy atom. The summed E-state index contributed by atoms with van der Waals surface area (Å²) >= 11 is 0. The number of carbonyl (C=O) groups is 1. The number of aryl methyl sites for hydroxylation is 2. The second kappa shape index (κ2) is 8.25. The van der Waals surface area contributed by atoms with E-state index < -0.39 is 6.10 Å². The molecule has 6 heteroatoms. The molecule has 1 unspecified atom stereocenters. The van der Waals surface area contributed by atoms with E-state index in [1.54, 1.807) is 14.0 Å². The molecule has 0 aliphatic carbocycles. The number of nitrogens with zero attached hydrogens (tertiary/aromatic N) is 3. The molecule has 0 bridgehead atoms. The molecule has 2 aromatic carbocycles. The van der Waals surface area contributed by atoms with Crippen LogP contribution in [0.25, 0.3) is 11.4 Å². The van der Waals surface area contributed by atoms with Crippen molar-refractivity contribution in [1.29, 1.82) is 0 Å². The van der Waals surface area contributed by atoms with Gasteiger partial charge >= 0.3 is 0 Å². The number of hydrogen-bond donors (Lipinski definition) is 0. The summed E-state index contributed by atoms with van der Waals surface area (Å²) in [5, 5.41) is 4.02. The molecule has 0 fully saturated rings. The molecule has 6 nitrogen and oxygen atoms in total. The topological polar surface area (TPSA) is 68.5 Å². The van der Waals surface area contributed by atoms with Crippen LogP contribution in [0, 0.1) is 20.8 Å². The molecule has 146 valence electrons. The first kappa shape index (κ1) is 19.6. The van der Waals surface area contributed by atoms with E-state index in [2.05, 4.69) is 10.1 Å². The van der Waals surface area contributed by atoms with Crippen LogP contribution in [-0.4, -0.2) is 34.1 Å². The first-order chi connectivity index (χ1) is 13.3. The van der Waals surface area contributed by atoms with Crippen molar-refractivity contribution in [3.63, 3.8) is 0 Å². The molecule has 0 N–H and O–H groups in total. The summed E-state index contributed by atoms with van der Waals surface area (Å²) in [5.74, 6) is 1.45. The molecular weight excluding hydrogens is 354 g/mol. The van der Waals surface area contributed by atoms with Crippen LogP contribution in [0.1, 0.15) is 29.5 Å². The SMILES string of the molecule is Cc1cccc(-c2noc(CN(C)C(=O)C(C)Oc3cccc(C)c3C)n2)c1. The van der Waals surface area contributed by atoms with E-state index in [1.807, 2.05) is 63.2 Å². The Labute approximate surface area is 165 Å². The highest BCUT2D eigenvalue weighted by molar-refractivity contribution is 5.80. The van der Waals surface area contributed by atoms with Crippen molar-refractivity contribution in [3.8, 4) is 17.1 Å². The summed E-state index contributed by atoms with van der Waals surface area (Å²) in [7, 11) is 1.70. The molecule has 3 rings (SSSR count). The first-order valence-corrected chi connectivity index (χ1v) is 9.22. The van der Waals surface area contributed by atoms with Crippen LogP contribution < -0.4 is 4.74 Å². The highest BCUT2D eigenvalue weighted by atomic mass is 16.5. The minimum atomic E-state index is -0.621. The Bertz CT molecular complexity index is 981. The Balaban J connectivity index is 1.65. The molecule has 0 spiro atoms. The van der Waals surface area contributed by atoms with Crippen molar-refractivity contribution in [2.75, 3.05) is 7.05 Å². The summed E-state index contributed by atoms with van der Waals surface area (Å²) in [6, 6.07) is 13.7. The van der Waals surface area contributed by atoms with E-state index >= 15 is 0 Å². The zero-order valence-electron chi connectivity index (χ0n) is 16.9. The van der Waals surface area contributed by atoms with E-state index in [1.165, 1.54) is 4.90 Å². The number of ether oxygens (including phenoxy) is 1. The first-order valence-electron chi connectivity index (χ1n) is 9.22. The maximum atomic E-state index is 12.7. The number of hydrogen-bond acceptors (Lipinski definition) is 5. The van der Waals surface area contributed by atoms with Crippen LogP contribution in [0.3, 0.4) is 0 Å². The smallest absolute Gasteiger partial charge is 0.263 e. The number of likely N-dealkylation sites (N-methyl/N-ethyl adjacent to an activating group) is 1. The molecule has 0 saturated carbocycles. The predicted octanol–water partition coefficient (Wildman–Crippen LogP) is 4.09. The van der Waals surface area contributed by atoms with Gasteiger partial charge in [-0.2, -0.15) is 4.98 Å². The van der Waals surface area contributed by atoms with Crippen LogP contribution in [0.15, 0.2) is 47.0 Å². The fourth-order valence-corrected chi connectivity index (χ4v) is 2.90. The van der Waals surface area contributed by atoms with Gasteiger partial charge in [-0.25, -0.2) is 0 Å². The monoisotopic (exact) mass is 379 g/mol. The molecule has 3 aromatic rings. The molecule has 28 heavy (non-hydrogen) atoms. The maximum absolute atomic E-state index is 12.7. The molecule has 1 heterocycles. The summed E-state index contributed by atoms with van der Waals surface area (Å²) in [4.78, 5) is 18.6. The molecule has 1 aromatic heterocycles. The van der Waals surface area contributed by atoms with Gasteiger partial charge in [-0.05, 0) is 51.0 Å². The van der Waals surface area contributed by atoms with Crippen LogP contribution >= 0.6 is 0 Å². The van der Waals surface area contributed by atoms with Gasteiger partial charge in [0.25, 0.3) is 5.91 Å². The molecular formula is C22H25N3O3. The average Bonchev–Trinajstić information content (AvgIpc) is 3.13. The van der Waals surface area contributed by atoms with Crippen molar-refractivity contribution < 1.29 is 14.1 Å². The Morgan fingerprint density at radius 1 is 1.18 bits per heavy atom. The lowest BCUT2D eigenvalue weighted by molar-refractivity contribution is -0.137. The van der Waals surface area contributed by atoms with Crippen LogP contribution in [0.5, 0.6) is 5.75 Å². The zero-order valence-corrected chi connectivity index (χ0v) is 16.9.